The Morgan fingerprint density at radius 1 is 1.06 bits per heavy atom. The van der Waals surface area contributed by atoms with E-state index in [1.54, 1.807) is 0 Å². The first kappa shape index (κ1) is 11.0. The van der Waals surface area contributed by atoms with Crippen LogP contribution in [-0.2, 0) is 5.41 Å². The molecule has 0 radical (unpaired) electrons. The molecule has 1 aromatic rings. The van der Waals surface area contributed by atoms with Crippen LogP contribution < -0.4 is 0 Å². The summed E-state index contributed by atoms with van der Waals surface area (Å²) in [5.74, 6) is 0.350. The molecule has 90 valence electrons. The number of benzene rings is 1. The van der Waals surface area contributed by atoms with Gasteiger partial charge < -0.3 is 0 Å². The summed E-state index contributed by atoms with van der Waals surface area (Å²) < 4.78 is 0. The topological polar surface area (TPSA) is 17.1 Å². The molecule has 1 heteroatoms. The van der Waals surface area contributed by atoms with Crippen LogP contribution >= 0.6 is 0 Å². The summed E-state index contributed by atoms with van der Waals surface area (Å²) in [7, 11) is 0. The van der Waals surface area contributed by atoms with Crippen LogP contribution in [0.5, 0.6) is 0 Å². The first-order chi connectivity index (χ1) is 8.07. The van der Waals surface area contributed by atoms with Crippen molar-refractivity contribution in [3.63, 3.8) is 0 Å². The Hall–Kier alpha value is -1.11. The number of fused-ring (bicyclic) bond motifs is 3. The van der Waals surface area contributed by atoms with Gasteiger partial charge in [-0.15, -0.1) is 0 Å². The van der Waals surface area contributed by atoms with E-state index in [2.05, 4.69) is 26.0 Å². The largest absolute Gasteiger partial charge is 0.294 e. The predicted molar refractivity (Wildman–Crippen MR) is 69.3 cm³/mol. The van der Waals surface area contributed by atoms with Gasteiger partial charge in [-0.1, -0.05) is 51.0 Å². The molecule has 0 aliphatic heterocycles. The number of Topliss-reactive ketones (excluding diaryl/α,β-unsaturated/α-hetero) is 1. The van der Waals surface area contributed by atoms with Crippen molar-refractivity contribution < 1.29 is 4.79 Å². The van der Waals surface area contributed by atoms with Gasteiger partial charge in [-0.2, -0.15) is 0 Å². The highest BCUT2D eigenvalue weighted by molar-refractivity contribution is 5.99. The van der Waals surface area contributed by atoms with Gasteiger partial charge in [0.15, 0.2) is 5.78 Å². The lowest BCUT2D eigenvalue weighted by Crippen LogP contribution is -2.49. The lowest BCUT2D eigenvalue weighted by Gasteiger charge is -2.53. The maximum absolute atomic E-state index is 12.3. The number of rotatable bonds is 0. The molecule has 2 aliphatic carbocycles. The van der Waals surface area contributed by atoms with E-state index < -0.39 is 0 Å². The average molecular weight is 228 g/mol. The number of carbonyl (C=O) groups is 1. The zero-order valence-corrected chi connectivity index (χ0v) is 10.8. The molecule has 1 nitrogen and oxygen atoms in total. The second kappa shape index (κ2) is 3.44. The van der Waals surface area contributed by atoms with Crippen molar-refractivity contribution in [2.24, 2.45) is 5.41 Å². The van der Waals surface area contributed by atoms with Gasteiger partial charge in [0.25, 0.3) is 0 Å². The quantitative estimate of drug-likeness (QED) is 0.653. The SMILES string of the molecule is C[C@]12CCCC[C@@]1(C)c1ccccc1C(=O)C2. The van der Waals surface area contributed by atoms with E-state index in [4.69, 9.17) is 0 Å². The number of ketones is 1. The second-order valence-electron chi connectivity index (χ2n) is 6.25. The van der Waals surface area contributed by atoms with Crippen molar-refractivity contribution in [2.75, 3.05) is 0 Å². The molecule has 0 unspecified atom stereocenters. The second-order valence-corrected chi connectivity index (χ2v) is 6.25. The third-order valence-electron chi connectivity index (χ3n) is 5.36. The first-order valence-electron chi connectivity index (χ1n) is 6.70. The van der Waals surface area contributed by atoms with Gasteiger partial charge in [0, 0.05) is 12.0 Å². The van der Waals surface area contributed by atoms with Crippen LogP contribution in [0.2, 0.25) is 0 Å². The van der Waals surface area contributed by atoms with Gasteiger partial charge >= 0.3 is 0 Å². The van der Waals surface area contributed by atoms with Crippen LogP contribution in [0.25, 0.3) is 0 Å². The number of hydrogen-bond donors (Lipinski definition) is 0. The highest BCUT2D eigenvalue weighted by atomic mass is 16.1. The molecule has 0 spiro atoms. The molecule has 0 N–H and O–H groups in total. The van der Waals surface area contributed by atoms with E-state index >= 15 is 0 Å². The minimum Gasteiger partial charge on any atom is -0.294 e. The molecule has 1 saturated carbocycles. The standard InChI is InChI=1S/C16H20O/c1-15-9-5-6-10-16(15,2)13-8-4-3-7-12(13)14(17)11-15/h3-4,7-8H,5-6,9-11H2,1-2H3/t15-,16+/m1/s1. The summed E-state index contributed by atoms with van der Waals surface area (Å²) in [6.07, 6.45) is 5.74. The molecule has 0 bridgehead atoms. The minimum atomic E-state index is 0.177. The van der Waals surface area contributed by atoms with E-state index in [1.165, 1.54) is 31.2 Å². The molecule has 1 fully saturated rings. The fraction of sp³-hybridized carbons (Fsp3) is 0.562. The highest BCUT2D eigenvalue weighted by Crippen LogP contribution is 2.57. The third kappa shape index (κ3) is 1.34. The molecular formula is C16H20O. The summed E-state index contributed by atoms with van der Waals surface area (Å²) in [6.45, 7) is 4.69. The van der Waals surface area contributed by atoms with Crippen LogP contribution in [0.3, 0.4) is 0 Å². The van der Waals surface area contributed by atoms with Crippen LogP contribution in [0.1, 0.15) is 61.9 Å². The number of hydrogen-bond acceptors (Lipinski definition) is 1. The average Bonchev–Trinajstić information content (AvgIpc) is 2.32. The lowest BCUT2D eigenvalue weighted by molar-refractivity contribution is 0.0528. The Kier molecular flexibility index (Phi) is 2.23. The Bertz CT molecular complexity index is 476. The van der Waals surface area contributed by atoms with Crippen molar-refractivity contribution >= 4 is 5.78 Å². The van der Waals surface area contributed by atoms with Crippen molar-refractivity contribution in [3.8, 4) is 0 Å². The van der Waals surface area contributed by atoms with Crippen LogP contribution in [0, 0.1) is 5.41 Å². The van der Waals surface area contributed by atoms with E-state index in [0.717, 1.165) is 12.0 Å². The van der Waals surface area contributed by atoms with E-state index in [-0.39, 0.29) is 10.8 Å². The zero-order chi connectivity index (χ0) is 12.1. The monoisotopic (exact) mass is 228 g/mol. The van der Waals surface area contributed by atoms with Gasteiger partial charge in [-0.3, -0.25) is 4.79 Å². The predicted octanol–water partition coefficient (Wildman–Crippen LogP) is 4.11. The zero-order valence-electron chi connectivity index (χ0n) is 10.8. The summed E-state index contributed by atoms with van der Waals surface area (Å²) in [5.41, 5.74) is 2.67. The molecule has 3 rings (SSSR count). The van der Waals surface area contributed by atoms with E-state index in [1.807, 2.05) is 12.1 Å². The van der Waals surface area contributed by atoms with Gasteiger partial charge in [0.05, 0.1) is 0 Å². The van der Waals surface area contributed by atoms with E-state index in [0.29, 0.717) is 5.78 Å². The maximum Gasteiger partial charge on any atom is 0.163 e. The summed E-state index contributed by atoms with van der Waals surface area (Å²) in [4.78, 5) is 12.3. The molecule has 17 heavy (non-hydrogen) atoms. The van der Waals surface area contributed by atoms with Crippen molar-refractivity contribution in [1.29, 1.82) is 0 Å². The molecule has 2 aliphatic rings. The fourth-order valence-electron chi connectivity index (χ4n) is 3.97. The normalized spacial score (nSPS) is 36.2. The number of carbonyl (C=O) groups excluding carboxylic acids is 1. The van der Waals surface area contributed by atoms with Crippen LogP contribution in [0.15, 0.2) is 24.3 Å². The summed E-state index contributed by atoms with van der Waals surface area (Å²) in [6, 6.07) is 8.26. The van der Waals surface area contributed by atoms with Gasteiger partial charge in [0.1, 0.15) is 0 Å². The Balaban J connectivity index is 2.22. The van der Waals surface area contributed by atoms with Crippen LogP contribution in [0.4, 0.5) is 0 Å². The van der Waals surface area contributed by atoms with Crippen molar-refractivity contribution in [2.45, 2.75) is 51.4 Å². The molecule has 0 heterocycles. The molecule has 1 aromatic carbocycles. The van der Waals surface area contributed by atoms with Gasteiger partial charge in [0.2, 0.25) is 0 Å². The molecule has 0 amide bonds. The smallest absolute Gasteiger partial charge is 0.163 e. The first-order valence-corrected chi connectivity index (χ1v) is 6.70. The molecule has 2 atom stereocenters. The minimum absolute atomic E-state index is 0.177. The molecule has 0 saturated heterocycles. The van der Waals surface area contributed by atoms with Gasteiger partial charge in [-0.25, -0.2) is 0 Å². The summed E-state index contributed by atoms with van der Waals surface area (Å²) in [5, 5.41) is 0. The third-order valence-corrected chi connectivity index (χ3v) is 5.36. The Labute approximate surface area is 103 Å². The maximum atomic E-state index is 12.3. The summed E-state index contributed by atoms with van der Waals surface area (Å²) >= 11 is 0. The fourth-order valence-corrected chi connectivity index (χ4v) is 3.97. The molecule has 0 aromatic heterocycles. The lowest BCUT2D eigenvalue weighted by atomic mass is 9.50. The molecular weight excluding hydrogens is 208 g/mol. The van der Waals surface area contributed by atoms with Crippen LogP contribution in [-0.4, -0.2) is 5.78 Å². The Morgan fingerprint density at radius 2 is 1.76 bits per heavy atom. The van der Waals surface area contributed by atoms with E-state index in [9.17, 15) is 4.79 Å². The Morgan fingerprint density at radius 3 is 2.59 bits per heavy atom. The highest BCUT2D eigenvalue weighted by Gasteiger charge is 2.52. The van der Waals surface area contributed by atoms with Gasteiger partial charge in [-0.05, 0) is 29.2 Å². The van der Waals surface area contributed by atoms with Crippen molar-refractivity contribution in [1.82, 2.24) is 0 Å². The van der Waals surface area contributed by atoms with Crippen molar-refractivity contribution in [3.05, 3.63) is 35.4 Å².